The molecule has 2 N–H and O–H groups in total. The van der Waals surface area contributed by atoms with Crippen molar-refractivity contribution in [2.24, 2.45) is 0 Å². The van der Waals surface area contributed by atoms with E-state index in [0.717, 1.165) is 35.1 Å². The number of nitrogens with one attached hydrogen (secondary N) is 2. The van der Waals surface area contributed by atoms with Gasteiger partial charge in [0.15, 0.2) is 0 Å². The third kappa shape index (κ3) is 2.69. The first-order chi connectivity index (χ1) is 8.01. The van der Waals surface area contributed by atoms with E-state index in [0.29, 0.717) is 0 Å². The van der Waals surface area contributed by atoms with Gasteiger partial charge in [0.25, 0.3) is 0 Å². The van der Waals surface area contributed by atoms with E-state index in [2.05, 4.69) is 26.6 Å². The Kier molecular flexibility index (Phi) is 3.54. The first kappa shape index (κ1) is 12.6. The van der Waals surface area contributed by atoms with Crippen LogP contribution in [-0.4, -0.2) is 18.0 Å². The van der Waals surface area contributed by atoms with Crippen molar-refractivity contribution in [3.8, 4) is 0 Å². The highest BCUT2D eigenvalue weighted by Gasteiger charge is 2.35. The molecule has 1 aromatic carbocycles. The first-order valence-electron chi connectivity index (χ1n) is 5.84. The zero-order chi connectivity index (χ0) is 12.5. The van der Waals surface area contributed by atoms with Crippen LogP contribution in [0, 0.1) is 6.92 Å². The van der Waals surface area contributed by atoms with Crippen LogP contribution in [0.5, 0.6) is 0 Å². The van der Waals surface area contributed by atoms with Gasteiger partial charge in [0.05, 0.1) is 5.54 Å². The van der Waals surface area contributed by atoms with Gasteiger partial charge in [0, 0.05) is 10.2 Å². The van der Waals surface area contributed by atoms with Gasteiger partial charge in [-0.2, -0.15) is 0 Å². The quantitative estimate of drug-likeness (QED) is 0.881. The van der Waals surface area contributed by atoms with E-state index >= 15 is 0 Å². The molecule has 1 saturated heterocycles. The highest BCUT2D eigenvalue weighted by molar-refractivity contribution is 9.10. The van der Waals surface area contributed by atoms with Gasteiger partial charge in [0.1, 0.15) is 0 Å². The summed E-state index contributed by atoms with van der Waals surface area (Å²) in [6.45, 7) is 4.89. The molecule has 1 aromatic rings. The van der Waals surface area contributed by atoms with Crippen molar-refractivity contribution in [1.82, 2.24) is 5.32 Å². The second-order valence-electron chi connectivity index (χ2n) is 4.78. The van der Waals surface area contributed by atoms with Crippen LogP contribution in [0.1, 0.15) is 25.3 Å². The molecular weight excluding hydrogens is 280 g/mol. The Morgan fingerprint density at radius 2 is 2.29 bits per heavy atom. The van der Waals surface area contributed by atoms with Crippen molar-refractivity contribution in [3.05, 3.63) is 28.2 Å². The predicted molar refractivity (Wildman–Crippen MR) is 73.2 cm³/mol. The Morgan fingerprint density at radius 1 is 1.53 bits per heavy atom. The van der Waals surface area contributed by atoms with Gasteiger partial charge in [-0.25, -0.2) is 0 Å². The first-order valence-corrected chi connectivity index (χ1v) is 6.63. The molecule has 0 saturated carbocycles. The molecular formula is C13H17BrN2O. The van der Waals surface area contributed by atoms with Crippen molar-refractivity contribution in [3.63, 3.8) is 0 Å². The molecule has 1 unspecified atom stereocenters. The normalized spacial score (nSPS) is 23.7. The number of hydrogen-bond acceptors (Lipinski definition) is 2. The maximum absolute atomic E-state index is 12.1. The van der Waals surface area contributed by atoms with E-state index in [9.17, 15) is 4.79 Å². The maximum atomic E-state index is 12.1. The molecule has 3 nitrogen and oxygen atoms in total. The van der Waals surface area contributed by atoms with Crippen LogP contribution < -0.4 is 10.6 Å². The number of halogens is 1. The summed E-state index contributed by atoms with van der Waals surface area (Å²) in [5.74, 6) is 0.0525. The van der Waals surface area contributed by atoms with Crippen molar-refractivity contribution in [2.45, 2.75) is 32.2 Å². The number of aryl methyl sites for hydroxylation is 1. The van der Waals surface area contributed by atoms with Gasteiger partial charge in [-0.3, -0.25) is 4.79 Å². The molecule has 92 valence electrons. The van der Waals surface area contributed by atoms with Crippen LogP contribution in [-0.2, 0) is 4.79 Å². The minimum atomic E-state index is -0.416. The van der Waals surface area contributed by atoms with Crippen LogP contribution in [0.4, 0.5) is 5.69 Å². The molecule has 0 radical (unpaired) electrons. The molecule has 17 heavy (non-hydrogen) atoms. The summed E-state index contributed by atoms with van der Waals surface area (Å²) < 4.78 is 1.06. The summed E-state index contributed by atoms with van der Waals surface area (Å²) in [4.78, 5) is 12.1. The van der Waals surface area contributed by atoms with E-state index in [1.807, 2.05) is 32.0 Å². The summed E-state index contributed by atoms with van der Waals surface area (Å²) in [5.41, 5.74) is 1.55. The fourth-order valence-corrected chi connectivity index (χ4v) is 2.33. The molecule has 0 spiro atoms. The highest BCUT2D eigenvalue weighted by atomic mass is 79.9. The Hall–Kier alpha value is -0.870. The van der Waals surface area contributed by atoms with Crippen molar-refractivity contribution < 1.29 is 4.79 Å². The van der Waals surface area contributed by atoms with Crippen LogP contribution >= 0.6 is 15.9 Å². The van der Waals surface area contributed by atoms with Gasteiger partial charge >= 0.3 is 0 Å². The van der Waals surface area contributed by atoms with Gasteiger partial charge < -0.3 is 10.6 Å². The summed E-state index contributed by atoms with van der Waals surface area (Å²) >= 11 is 3.45. The fourth-order valence-electron chi connectivity index (χ4n) is 2.08. The molecule has 4 heteroatoms. The Bertz CT molecular complexity index is 439. The zero-order valence-corrected chi connectivity index (χ0v) is 11.7. The van der Waals surface area contributed by atoms with Gasteiger partial charge in [-0.05, 0) is 57.0 Å². The molecule has 1 aliphatic heterocycles. The second kappa shape index (κ2) is 4.78. The zero-order valence-electron chi connectivity index (χ0n) is 10.1. The fraction of sp³-hybridized carbons (Fsp3) is 0.462. The number of benzene rings is 1. The van der Waals surface area contributed by atoms with Crippen LogP contribution in [0.3, 0.4) is 0 Å². The Morgan fingerprint density at radius 3 is 2.88 bits per heavy atom. The Labute approximate surface area is 110 Å². The third-order valence-corrected chi connectivity index (χ3v) is 4.18. The molecule has 0 bridgehead atoms. The number of hydrogen-bond donors (Lipinski definition) is 2. The van der Waals surface area contributed by atoms with Crippen molar-refractivity contribution >= 4 is 27.5 Å². The average Bonchev–Trinajstić information content (AvgIpc) is 2.72. The molecule has 0 aliphatic carbocycles. The summed E-state index contributed by atoms with van der Waals surface area (Å²) in [6, 6.07) is 5.84. The number of carbonyl (C=O) groups is 1. The lowest BCUT2D eigenvalue weighted by Gasteiger charge is -2.23. The summed E-state index contributed by atoms with van der Waals surface area (Å²) in [5, 5.41) is 6.23. The maximum Gasteiger partial charge on any atom is 0.244 e. The van der Waals surface area contributed by atoms with E-state index in [4.69, 9.17) is 0 Å². The minimum absolute atomic E-state index is 0.0525. The van der Waals surface area contributed by atoms with Crippen molar-refractivity contribution in [2.75, 3.05) is 11.9 Å². The van der Waals surface area contributed by atoms with Crippen LogP contribution in [0.2, 0.25) is 0 Å². The standard InChI is InChI=1S/C13H17BrN2O/c1-9-8-10(4-5-11(9)14)16-12(17)13(2)6-3-7-15-13/h4-5,8,15H,3,6-7H2,1-2H3,(H,16,17). The largest absolute Gasteiger partial charge is 0.324 e. The predicted octanol–water partition coefficient (Wildman–Crippen LogP) is 2.84. The number of anilines is 1. The topological polar surface area (TPSA) is 41.1 Å². The summed E-state index contributed by atoms with van der Waals surface area (Å²) in [6.07, 6.45) is 1.96. The van der Waals surface area contributed by atoms with E-state index in [1.165, 1.54) is 0 Å². The highest BCUT2D eigenvalue weighted by Crippen LogP contribution is 2.23. The van der Waals surface area contributed by atoms with Gasteiger partial charge in [0.2, 0.25) is 5.91 Å². The van der Waals surface area contributed by atoms with Crippen molar-refractivity contribution in [1.29, 1.82) is 0 Å². The summed E-state index contributed by atoms with van der Waals surface area (Å²) in [7, 11) is 0. The van der Waals surface area contributed by atoms with Gasteiger partial charge in [-0.1, -0.05) is 15.9 Å². The molecule has 1 amide bonds. The average molecular weight is 297 g/mol. The second-order valence-corrected chi connectivity index (χ2v) is 5.63. The molecule has 1 aliphatic rings. The minimum Gasteiger partial charge on any atom is -0.324 e. The molecule has 1 atom stereocenters. The lowest BCUT2D eigenvalue weighted by atomic mass is 9.99. The number of amides is 1. The van der Waals surface area contributed by atoms with Crippen LogP contribution in [0.15, 0.2) is 22.7 Å². The Balaban J connectivity index is 2.10. The van der Waals surface area contributed by atoms with E-state index < -0.39 is 5.54 Å². The van der Waals surface area contributed by atoms with Crippen LogP contribution in [0.25, 0.3) is 0 Å². The van der Waals surface area contributed by atoms with E-state index in [1.54, 1.807) is 0 Å². The number of carbonyl (C=O) groups excluding carboxylic acids is 1. The van der Waals surface area contributed by atoms with E-state index in [-0.39, 0.29) is 5.91 Å². The SMILES string of the molecule is Cc1cc(NC(=O)C2(C)CCCN2)ccc1Br. The smallest absolute Gasteiger partial charge is 0.244 e. The number of rotatable bonds is 2. The lowest BCUT2D eigenvalue weighted by molar-refractivity contribution is -0.121. The molecule has 1 heterocycles. The molecule has 0 aromatic heterocycles. The molecule has 1 fully saturated rings. The molecule has 2 rings (SSSR count). The monoisotopic (exact) mass is 296 g/mol. The van der Waals surface area contributed by atoms with Gasteiger partial charge in [-0.15, -0.1) is 0 Å². The lowest BCUT2D eigenvalue weighted by Crippen LogP contribution is -2.47. The third-order valence-electron chi connectivity index (χ3n) is 3.29.